The minimum Gasteiger partial charge on any atom is -0.384 e. The van der Waals surface area contributed by atoms with E-state index in [4.69, 9.17) is 0 Å². The summed E-state index contributed by atoms with van der Waals surface area (Å²) in [7, 11) is 2.13. The van der Waals surface area contributed by atoms with Gasteiger partial charge in [0, 0.05) is 18.7 Å². The van der Waals surface area contributed by atoms with Gasteiger partial charge in [0.15, 0.2) is 0 Å². The number of anilines is 1. The number of aromatic nitrogens is 1. The lowest BCUT2D eigenvalue weighted by Gasteiger charge is -2.11. The van der Waals surface area contributed by atoms with Crippen molar-refractivity contribution in [3.63, 3.8) is 0 Å². The highest BCUT2D eigenvalue weighted by Crippen LogP contribution is 2.29. The van der Waals surface area contributed by atoms with E-state index < -0.39 is 0 Å². The molecule has 2 aromatic carbocycles. The fraction of sp³-hybridized carbons (Fsp3) is 0.235. The first-order chi connectivity index (χ1) is 9.33. The number of para-hydroxylation sites is 2. The largest absolute Gasteiger partial charge is 0.384 e. The van der Waals surface area contributed by atoms with Crippen LogP contribution in [0.3, 0.4) is 0 Å². The first-order valence-corrected chi connectivity index (χ1v) is 6.86. The zero-order chi connectivity index (χ0) is 13.2. The SMILES string of the molecule is CCCNc1c2ccccc2[n+](C)c2ccccc12. The van der Waals surface area contributed by atoms with Crippen molar-refractivity contribution in [2.75, 3.05) is 11.9 Å². The highest BCUT2D eigenvalue weighted by Gasteiger charge is 2.16. The molecule has 96 valence electrons. The lowest BCUT2D eigenvalue weighted by Crippen LogP contribution is -2.30. The second kappa shape index (κ2) is 4.88. The summed E-state index contributed by atoms with van der Waals surface area (Å²) < 4.78 is 2.27. The van der Waals surface area contributed by atoms with Crippen molar-refractivity contribution in [2.24, 2.45) is 7.05 Å². The maximum atomic E-state index is 3.59. The highest BCUT2D eigenvalue weighted by molar-refractivity contribution is 6.04. The Balaban J connectivity index is 2.42. The van der Waals surface area contributed by atoms with Crippen molar-refractivity contribution in [3.05, 3.63) is 48.5 Å². The standard InChI is InChI=1S/C17H18N2/c1-3-12-18-17-13-8-4-6-10-15(13)19(2)16-11-7-5-9-14(16)17/h4-11H,3,12H2,1-2H3/p+1. The molecule has 2 nitrogen and oxygen atoms in total. The number of aryl methyl sites for hydroxylation is 1. The third-order valence-corrected chi connectivity index (χ3v) is 3.62. The third kappa shape index (κ3) is 1.93. The Bertz CT molecular complexity index is 675. The Morgan fingerprint density at radius 1 is 0.895 bits per heavy atom. The van der Waals surface area contributed by atoms with Crippen LogP contribution in [0.4, 0.5) is 5.69 Å². The van der Waals surface area contributed by atoms with Crippen molar-refractivity contribution in [1.82, 2.24) is 0 Å². The van der Waals surface area contributed by atoms with E-state index >= 15 is 0 Å². The van der Waals surface area contributed by atoms with Crippen molar-refractivity contribution in [1.29, 1.82) is 0 Å². The molecule has 0 aliphatic rings. The van der Waals surface area contributed by atoms with Crippen LogP contribution in [0.5, 0.6) is 0 Å². The van der Waals surface area contributed by atoms with Crippen molar-refractivity contribution in [3.8, 4) is 0 Å². The molecular formula is C17H19N2+. The van der Waals surface area contributed by atoms with Gasteiger partial charge in [0.05, 0.1) is 16.5 Å². The van der Waals surface area contributed by atoms with Crippen molar-refractivity contribution >= 4 is 27.5 Å². The molecule has 0 fully saturated rings. The topological polar surface area (TPSA) is 15.9 Å². The summed E-state index contributed by atoms with van der Waals surface area (Å²) in [5.74, 6) is 0. The van der Waals surface area contributed by atoms with Gasteiger partial charge in [0.2, 0.25) is 11.0 Å². The molecule has 3 rings (SSSR count). The van der Waals surface area contributed by atoms with E-state index in [0.717, 1.165) is 13.0 Å². The number of rotatable bonds is 3. The first-order valence-electron chi connectivity index (χ1n) is 6.86. The molecule has 3 aromatic rings. The number of hydrogen-bond donors (Lipinski definition) is 1. The van der Waals surface area contributed by atoms with Crippen LogP contribution in [0.2, 0.25) is 0 Å². The number of nitrogens with one attached hydrogen (secondary N) is 1. The molecule has 0 saturated heterocycles. The second-order valence-corrected chi connectivity index (χ2v) is 4.90. The van der Waals surface area contributed by atoms with E-state index in [0.29, 0.717) is 0 Å². The van der Waals surface area contributed by atoms with E-state index in [1.807, 2.05) is 0 Å². The van der Waals surface area contributed by atoms with Crippen LogP contribution in [0.1, 0.15) is 13.3 Å². The molecule has 2 heteroatoms. The van der Waals surface area contributed by atoms with Crippen LogP contribution in [-0.4, -0.2) is 6.54 Å². The number of fused-ring (bicyclic) bond motifs is 2. The summed E-state index contributed by atoms with van der Waals surface area (Å²) in [5, 5.41) is 6.17. The molecule has 0 amide bonds. The summed E-state index contributed by atoms with van der Waals surface area (Å²) in [6.45, 7) is 3.20. The predicted molar refractivity (Wildman–Crippen MR) is 81.4 cm³/mol. The zero-order valence-electron chi connectivity index (χ0n) is 11.5. The zero-order valence-corrected chi connectivity index (χ0v) is 11.5. The predicted octanol–water partition coefficient (Wildman–Crippen LogP) is 3.64. The second-order valence-electron chi connectivity index (χ2n) is 4.90. The molecule has 0 spiro atoms. The van der Waals surface area contributed by atoms with E-state index in [1.54, 1.807) is 0 Å². The van der Waals surface area contributed by atoms with Crippen LogP contribution in [-0.2, 0) is 7.05 Å². The van der Waals surface area contributed by atoms with Crippen LogP contribution in [0.25, 0.3) is 21.8 Å². The molecule has 1 aromatic heterocycles. The number of benzene rings is 2. The van der Waals surface area contributed by atoms with Gasteiger partial charge in [-0.3, -0.25) is 0 Å². The molecule has 0 atom stereocenters. The van der Waals surface area contributed by atoms with Gasteiger partial charge >= 0.3 is 0 Å². The van der Waals surface area contributed by atoms with Crippen molar-refractivity contribution < 1.29 is 4.57 Å². The lowest BCUT2D eigenvalue weighted by atomic mass is 10.1. The van der Waals surface area contributed by atoms with Gasteiger partial charge < -0.3 is 5.32 Å². The maximum absolute atomic E-state index is 3.59. The quantitative estimate of drug-likeness (QED) is 0.555. The van der Waals surface area contributed by atoms with Gasteiger partial charge in [-0.25, -0.2) is 0 Å². The molecular weight excluding hydrogens is 232 g/mol. The van der Waals surface area contributed by atoms with Gasteiger partial charge in [0.1, 0.15) is 7.05 Å². The number of nitrogens with zero attached hydrogens (tertiary/aromatic N) is 1. The monoisotopic (exact) mass is 251 g/mol. The van der Waals surface area contributed by atoms with E-state index in [2.05, 4.69) is 72.4 Å². The summed E-state index contributed by atoms with van der Waals surface area (Å²) in [5.41, 5.74) is 3.78. The highest BCUT2D eigenvalue weighted by atomic mass is 15.0. The van der Waals surface area contributed by atoms with E-state index in [9.17, 15) is 0 Å². The fourth-order valence-corrected chi connectivity index (χ4v) is 2.67. The summed E-state index contributed by atoms with van der Waals surface area (Å²) in [6, 6.07) is 17.2. The minimum atomic E-state index is 1.00. The summed E-state index contributed by atoms with van der Waals surface area (Å²) in [4.78, 5) is 0. The molecule has 19 heavy (non-hydrogen) atoms. The first kappa shape index (κ1) is 12.0. The average molecular weight is 251 g/mol. The van der Waals surface area contributed by atoms with Gasteiger partial charge in [-0.15, -0.1) is 0 Å². The Morgan fingerprint density at radius 3 is 1.95 bits per heavy atom. The number of hydrogen-bond acceptors (Lipinski definition) is 1. The lowest BCUT2D eigenvalue weighted by molar-refractivity contribution is -0.617. The Morgan fingerprint density at radius 2 is 1.42 bits per heavy atom. The fourth-order valence-electron chi connectivity index (χ4n) is 2.67. The molecule has 0 aliphatic heterocycles. The Hall–Kier alpha value is -2.09. The van der Waals surface area contributed by atoms with Crippen molar-refractivity contribution in [2.45, 2.75) is 13.3 Å². The summed E-state index contributed by atoms with van der Waals surface area (Å²) >= 11 is 0. The average Bonchev–Trinajstić information content (AvgIpc) is 2.47. The van der Waals surface area contributed by atoms with Crippen LogP contribution in [0, 0.1) is 0 Å². The molecule has 0 radical (unpaired) electrons. The smallest absolute Gasteiger partial charge is 0.214 e. The normalized spacial score (nSPS) is 11.1. The van der Waals surface area contributed by atoms with Gasteiger partial charge in [-0.1, -0.05) is 31.2 Å². The van der Waals surface area contributed by atoms with E-state index in [-0.39, 0.29) is 0 Å². The van der Waals surface area contributed by atoms with Crippen LogP contribution < -0.4 is 9.88 Å². The van der Waals surface area contributed by atoms with Crippen LogP contribution in [0.15, 0.2) is 48.5 Å². The molecule has 0 aliphatic carbocycles. The molecule has 0 bridgehead atoms. The summed E-state index contributed by atoms with van der Waals surface area (Å²) in [6.07, 6.45) is 1.13. The minimum absolute atomic E-state index is 1.00. The Labute approximate surface area is 113 Å². The molecule has 0 unspecified atom stereocenters. The Kier molecular flexibility index (Phi) is 3.08. The maximum Gasteiger partial charge on any atom is 0.214 e. The van der Waals surface area contributed by atoms with Crippen LogP contribution >= 0.6 is 0 Å². The number of pyridine rings is 1. The van der Waals surface area contributed by atoms with Gasteiger partial charge in [-0.2, -0.15) is 4.57 Å². The van der Waals surface area contributed by atoms with Gasteiger partial charge in [-0.05, 0) is 18.6 Å². The molecule has 0 saturated carbocycles. The van der Waals surface area contributed by atoms with E-state index in [1.165, 1.54) is 27.5 Å². The molecule has 1 N–H and O–H groups in total. The molecule has 1 heterocycles. The third-order valence-electron chi connectivity index (χ3n) is 3.62. The van der Waals surface area contributed by atoms with Gasteiger partial charge in [0.25, 0.3) is 0 Å².